The van der Waals surface area contributed by atoms with Crippen LogP contribution in [0.1, 0.15) is 114 Å². The number of amidine groups is 1. The lowest BCUT2D eigenvalue weighted by Crippen LogP contribution is -2.33. The first-order valence-electron chi connectivity index (χ1n) is 17.3. The van der Waals surface area contributed by atoms with E-state index in [1.165, 1.54) is 69.9 Å². The average Bonchev–Trinajstić information content (AvgIpc) is 3.06. The number of nitrogens with one attached hydrogen (secondary N) is 1. The molecule has 0 unspecified atom stereocenters. The molecular formula is C39H54BFN3O2. The van der Waals surface area contributed by atoms with Crippen LogP contribution in [0.25, 0.3) is 5.76 Å². The van der Waals surface area contributed by atoms with Gasteiger partial charge in [0.2, 0.25) is 0 Å². The molecule has 1 heterocycles. The number of ether oxygens (including phenoxy) is 1. The lowest BCUT2D eigenvalue weighted by atomic mass is 9.86. The number of nitrogens with zero attached hydrogens (tertiary/aromatic N) is 2. The minimum atomic E-state index is -0.236. The van der Waals surface area contributed by atoms with E-state index in [-0.39, 0.29) is 5.82 Å². The Morgan fingerprint density at radius 1 is 0.870 bits per heavy atom. The molecule has 7 heteroatoms. The predicted octanol–water partition coefficient (Wildman–Crippen LogP) is 9.51. The Morgan fingerprint density at radius 2 is 1.43 bits per heavy atom. The number of hydrogen-bond donors (Lipinski definition) is 1. The average molecular weight is 627 g/mol. The molecule has 5 nitrogen and oxygen atoms in total. The number of aryl methyl sites for hydroxylation is 1. The minimum absolute atomic E-state index is 0.236. The summed E-state index contributed by atoms with van der Waals surface area (Å²) >= 11 is 0. The van der Waals surface area contributed by atoms with E-state index in [1.807, 2.05) is 50.6 Å². The third kappa shape index (κ3) is 13.1. The fraction of sp³-hybridized carbons (Fsp3) is 0.487. The molecule has 0 aliphatic carbocycles. The van der Waals surface area contributed by atoms with E-state index in [2.05, 4.69) is 25.3 Å². The van der Waals surface area contributed by atoms with Gasteiger partial charge in [-0.2, -0.15) is 0 Å². The van der Waals surface area contributed by atoms with Crippen molar-refractivity contribution in [3.05, 3.63) is 101 Å². The number of likely N-dealkylation sites (N-methyl/N-ethyl adjacent to an activating group) is 1. The number of benzene rings is 2. The van der Waals surface area contributed by atoms with Gasteiger partial charge in [0.1, 0.15) is 23.2 Å². The lowest BCUT2D eigenvalue weighted by Gasteiger charge is -2.29. The Labute approximate surface area is 278 Å². The number of carbonyl (C=O) groups is 1. The summed E-state index contributed by atoms with van der Waals surface area (Å²) in [6, 6.07) is 14.6. The number of ketones is 1. The number of Topliss-reactive ketones (excluding diaryl/α,β-unsaturated/α-hetero) is 1. The molecule has 3 rings (SSSR count). The van der Waals surface area contributed by atoms with Gasteiger partial charge >= 0.3 is 0 Å². The highest BCUT2D eigenvalue weighted by atomic mass is 19.1. The lowest BCUT2D eigenvalue weighted by molar-refractivity contribution is -0.119. The maximum absolute atomic E-state index is 13.2. The Bertz CT molecular complexity index is 1320. The van der Waals surface area contributed by atoms with Crippen molar-refractivity contribution in [2.75, 3.05) is 13.6 Å². The molecule has 0 saturated heterocycles. The minimum Gasteiger partial charge on any atom is -0.454 e. The largest absolute Gasteiger partial charge is 0.454 e. The molecule has 0 aromatic heterocycles. The molecule has 46 heavy (non-hydrogen) atoms. The second-order valence-electron chi connectivity index (χ2n) is 12.4. The standard InChI is InChI=1S/C39H54BFN3O2/c1-6-7-8-9-10-11-12-13-14-15-16-17-37(45)27-22-33-18-23-35(24-19-33)31(3)46-38-30(2)44(5)32(4)43-39(38)40-42-29-28-34-20-25-36(41)26-21-34/h18-21,23-26,42H,2-3,6-17,22,27-29H2,1,4-5H3. The van der Waals surface area contributed by atoms with Gasteiger partial charge < -0.3 is 14.9 Å². The molecule has 0 bridgehead atoms. The summed E-state index contributed by atoms with van der Waals surface area (Å²) in [7, 11) is 3.73. The molecule has 1 aliphatic heterocycles. The van der Waals surface area contributed by atoms with Crippen molar-refractivity contribution in [2.24, 2.45) is 4.99 Å². The van der Waals surface area contributed by atoms with Gasteiger partial charge in [0.05, 0.1) is 11.3 Å². The highest BCUT2D eigenvalue weighted by molar-refractivity contribution is 6.43. The Balaban J connectivity index is 1.40. The van der Waals surface area contributed by atoms with Crippen molar-refractivity contribution in [3.8, 4) is 0 Å². The summed E-state index contributed by atoms with van der Waals surface area (Å²) in [6.07, 6.45) is 17.0. The number of hydrogen-bond acceptors (Lipinski definition) is 5. The van der Waals surface area contributed by atoms with Crippen molar-refractivity contribution >= 4 is 24.8 Å². The van der Waals surface area contributed by atoms with E-state index in [0.717, 1.165) is 48.2 Å². The third-order valence-electron chi connectivity index (χ3n) is 8.63. The molecule has 1 radical (unpaired) electrons. The molecule has 1 N–H and O–H groups in total. The van der Waals surface area contributed by atoms with E-state index in [1.54, 1.807) is 12.1 Å². The summed E-state index contributed by atoms with van der Waals surface area (Å²) in [6.45, 7) is 13.2. The van der Waals surface area contributed by atoms with Gasteiger partial charge in [-0.1, -0.05) is 121 Å². The Hall–Kier alpha value is -3.45. The number of aliphatic imine (C=N–C) groups is 1. The van der Waals surface area contributed by atoms with E-state index >= 15 is 0 Å². The first-order chi connectivity index (χ1) is 22.3. The van der Waals surface area contributed by atoms with Crippen LogP contribution >= 0.6 is 0 Å². The van der Waals surface area contributed by atoms with Crippen LogP contribution in [0, 0.1) is 5.82 Å². The van der Waals surface area contributed by atoms with Crippen molar-refractivity contribution in [3.63, 3.8) is 0 Å². The van der Waals surface area contributed by atoms with Crippen LogP contribution in [0.15, 0.2) is 83.7 Å². The summed E-state index contributed by atoms with van der Waals surface area (Å²) < 4.78 is 19.5. The zero-order valence-corrected chi connectivity index (χ0v) is 28.5. The second kappa shape index (κ2) is 20.6. The van der Waals surface area contributed by atoms with Crippen molar-refractivity contribution in [1.82, 2.24) is 10.1 Å². The zero-order chi connectivity index (χ0) is 33.1. The molecule has 0 fully saturated rings. The van der Waals surface area contributed by atoms with Crippen LogP contribution in [0.5, 0.6) is 0 Å². The van der Waals surface area contributed by atoms with Gasteiger partial charge in [-0.05, 0) is 56.0 Å². The molecule has 0 saturated carbocycles. The van der Waals surface area contributed by atoms with Crippen molar-refractivity contribution in [1.29, 1.82) is 0 Å². The summed E-state index contributed by atoms with van der Waals surface area (Å²) in [5, 5.41) is 3.30. The van der Waals surface area contributed by atoms with Gasteiger partial charge in [0.25, 0.3) is 7.41 Å². The molecule has 0 spiro atoms. The molecule has 1 aliphatic rings. The second-order valence-corrected chi connectivity index (χ2v) is 12.4. The number of carbonyl (C=O) groups excluding carboxylic acids is 1. The van der Waals surface area contributed by atoms with E-state index < -0.39 is 0 Å². The van der Waals surface area contributed by atoms with E-state index in [9.17, 15) is 9.18 Å². The van der Waals surface area contributed by atoms with Gasteiger partial charge in [-0.25, -0.2) is 9.38 Å². The monoisotopic (exact) mass is 626 g/mol. The maximum atomic E-state index is 13.2. The number of unbranched alkanes of at least 4 members (excludes halogenated alkanes) is 10. The third-order valence-corrected chi connectivity index (χ3v) is 8.63. The summed E-state index contributed by atoms with van der Waals surface area (Å²) in [5.41, 5.74) is 4.35. The number of halogens is 1. The normalized spacial score (nSPS) is 13.2. The van der Waals surface area contributed by atoms with Crippen molar-refractivity contribution in [2.45, 2.75) is 110 Å². The predicted molar refractivity (Wildman–Crippen MR) is 192 cm³/mol. The topological polar surface area (TPSA) is 53.9 Å². The highest BCUT2D eigenvalue weighted by Crippen LogP contribution is 2.29. The summed E-state index contributed by atoms with van der Waals surface area (Å²) in [5.74, 6) is 1.95. The molecule has 0 amide bonds. The van der Waals surface area contributed by atoms with Crippen LogP contribution in [-0.2, 0) is 22.4 Å². The van der Waals surface area contributed by atoms with Gasteiger partial charge in [-0.3, -0.25) is 4.79 Å². The Morgan fingerprint density at radius 3 is 2.07 bits per heavy atom. The molecule has 0 atom stereocenters. The van der Waals surface area contributed by atoms with Gasteiger partial charge in [-0.15, -0.1) is 0 Å². The SMILES string of the molecule is C=C(OC1=C([B]NCCc2ccc(F)cc2)N=C(C)N(C)C1=C)c1ccc(CCC(=O)CCCCCCCCCCCCC)cc1. The van der Waals surface area contributed by atoms with Crippen LogP contribution in [-0.4, -0.2) is 37.5 Å². The van der Waals surface area contributed by atoms with E-state index in [0.29, 0.717) is 48.0 Å². The fourth-order valence-electron chi connectivity index (χ4n) is 5.48. The first-order valence-corrected chi connectivity index (χ1v) is 17.3. The fourth-order valence-corrected chi connectivity index (χ4v) is 5.48. The first kappa shape index (κ1) is 37.0. The Kier molecular flexibility index (Phi) is 16.6. The molecule has 2 aromatic carbocycles. The molecular weight excluding hydrogens is 572 g/mol. The van der Waals surface area contributed by atoms with Crippen LogP contribution < -0.4 is 5.23 Å². The number of rotatable bonds is 23. The zero-order valence-electron chi connectivity index (χ0n) is 28.5. The quantitative estimate of drug-likeness (QED) is 0.0759. The van der Waals surface area contributed by atoms with Gasteiger partial charge in [0.15, 0.2) is 5.76 Å². The van der Waals surface area contributed by atoms with Crippen LogP contribution in [0.2, 0.25) is 0 Å². The van der Waals surface area contributed by atoms with Crippen LogP contribution in [0.3, 0.4) is 0 Å². The van der Waals surface area contributed by atoms with E-state index in [4.69, 9.17) is 9.73 Å². The highest BCUT2D eigenvalue weighted by Gasteiger charge is 2.24. The summed E-state index contributed by atoms with van der Waals surface area (Å²) in [4.78, 5) is 19.1. The molecule has 247 valence electrons. The maximum Gasteiger partial charge on any atom is 0.275 e. The van der Waals surface area contributed by atoms with Crippen LogP contribution in [0.4, 0.5) is 4.39 Å². The smallest absolute Gasteiger partial charge is 0.275 e. The van der Waals surface area contributed by atoms with Gasteiger partial charge in [0, 0.05) is 25.5 Å². The molecule has 2 aromatic rings. The van der Waals surface area contributed by atoms with Crippen molar-refractivity contribution < 1.29 is 13.9 Å².